The molecule has 3 rings (SSSR count). The van der Waals surface area contributed by atoms with Crippen molar-refractivity contribution in [3.63, 3.8) is 0 Å². The van der Waals surface area contributed by atoms with Crippen LogP contribution in [0, 0.1) is 0 Å². The van der Waals surface area contributed by atoms with Crippen molar-refractivity contribution in [2.24, 2.45) is 0 Å². The summed E-state index contributed by atoms with van der Waals surface area (Å²) in [5.41, 5.74) is 1.35. The summed E-state index contributed by atoms with van der Waals surface area (Å²) in [6, 6.07) is 2.67. The number of hydrogen-bond donors (Lipinski definition) is 1. The van der Waals surface area contributed by atoms with Gasteiger partial charge in [0.25, 0.3) is 0 Å². The van der Waals surface area contributed by atoms with Gasteiger partial charge in [0.1, 0.15) is 5.82 Å². The first-order chi connectivity index (χ1) is 9.43. The topological polar surface area (TPSA) is 39.1 Å². The van der Waals surface area contributed by atoms with Crippen LogP contribution in [0.4, 0.5) is 5.82 Å². The predicted molar refractivity (Wildman–Crippen MR) is 76.4 cm³/mol. The maximum atomic E-state index is 5.47. The van der Waals surface area contributed by atoms with Gasteiger partial charge in [-0.05, 0) is 24.8 Å². The molecule has 1 aromatic heterocycles. The summed E-state index contributed by atoms with van der Waals surface area (Å²) < 4.78 is 7.65. The summed E-state index contributed by atoms with van der Waals surface area (Å²) in [6.45, 7) is 2.51. The van der Waals surface area contributed by atoms with Gasteiger partial charge in [-0.2, -0.15) is 5.10 Å². The number of ether oxygens (including phenoxy) is 1. The van der Waals surface area contributed by atoms with E-state index in [1.54, 1.807) is 0 Å². The summed E-state index contributed by atoms with van der Waals surface area (Å²) in [4.78, 5) is 0. The van der Waals surface area contributed by atoms with Crippen molar-refractivity contribution in [1.29, 1.82) is 0 Å². The Bertz CT molecular complexity index is 432. The second-order valence-electron chi connectivity index (χ2n) is 5.51. The third-order valence-corrected chi connectivity index (χ3v) is 4.07. The van der Waals surface area contributed by atoms with E-state index in [9.17, 15) is 0 Å². The van der Waals surface area contributed by atoms with Gasteiger partial charge < -0.3 is 10.1 Å². The van der Waals surface area contributed by atoms with Crippen LogP contribution in [-0.2, 0) is 4.74 Å². The molecule has 0 aromatic carbocycles. The number of hydrogen-bond acceptors (Lipinski definition) is 3. The first kappa shape index (κ1) is 12.7. The first-order valence-corrected chi connectivity index (χ1v) is 7.46. The summed E-state index contributed by atoms with van der Waals surface area (Å²) in [5.74, 6) is 1.15. The van der Waals surface area contributed by atoms with Crippen LogP contribution in [0.3, 0.4) is 0 Å². The second-order valence-corrected chi connectivity index (χ2v) is 5.51. The van der Waals surface area contributed by atoms with Gasteiger partial charge in [0.15, 0.2) is 0 Å². The maximum Gasteiger partial charge on any atom is 0.124 e. The van der Waals surface area contributed by atoms with Crippen LogP contribution in [0.2, 0.25) is 0 Å². The Morgan fingerprint density at radius 1 is 1.32 bits per heavy atom. The molecule has 1 fully saturated rings. The predicted octanol–water partition coefficient (Wildman–Crippen LogP) is 3.15. The fraction of sp³-hybridized carbons (Fsp3) is 0.667. The van der Waals surface area contributed by atoms with Crippen LogP contribution < -0.4 is 5.32 Å². The number of anilines is 1. The van der Waals surface area contributed by atoms with Gasteiger partial charge in [0, 0.05) is 12.6 Å². The Kier molecular flexibility index (Phi) is 4.18. The Labute approximate surface area is 114 Å². The third kappa shape index (κ3) is 3.18. The molecule has 0 atom stereocenters. The zero-order valence-corrected chi connectivity index (χ0v) is 11.5. The highest BCUT2D eigenvalue weighted by molar-refractivity contribution is 5.36. The van der Waals surface area contributed by atoms with E-state index in [0.29, 0.717) is 6.04 Å². The monoisotopic (exact) mass is 261 g/mol. The van der Waals surface area contributed by atoms with Crippen molar-refractivity contribution >= 4 is 5.82 Å². The molecule has 0 unspecified atom stereocenters. The molecule has 0 saturated heterocycles. The number of aromatic nitrogens is 2. The van der Waals surface area contributed by atoms with E-state index in [1.165, 1.54) is 37.7 Å². The van der Waals surface area contributed by atoms with Gasteiger partial charge in [-0.15, -0.1) is 0 Å². The van der Waals surface area contributed by atoms with Gasteiger partial charge in [-0.1, -0.05) is 25.3 Å². The molecule has 1 N–H and O–H groups in total. The van der Waals surface area contributed by atoms with Crippen molar-refractivity contribution < 1.29 is 4.74 Å². The molecule has 1 saturated carbocycles. The van der Waals surface area contributed by atoms with Crippen molar-refractivity contribution in [2.45, 2.75) is 44.6 Å². The molecule has 19 heavy (non-hydrogen) atoms. The minimum atomic E-state index is 0.586. The van der Waals surface area contributed by atoms with Crippen molar-refractivity contribution in [3.8, 4) is 0 Å². The first-order valence-electron chi connectivity index (χ1n) is 7.46. The van der Waals surface area contributed by atoms with Crippen LogP contribution in [0.15, 0.2) is 23.9 Å². The summed E-state index contributed by atoms with van der Waals surface area (Å²) in [5, 5.41) is 8.02. The normalized spacial score (nSPS) is 21.2. The molecule has 0 bridgehead atoms. The second kappa shape index (κ2) is 6.24. The molecule has 0 amide bonds. The fourth-order valence-electron chi connectivity index (χ4n) is 3.01. The van der Waals surface area contributed by atoms with E-state index in [-0.39, 0.29) is 0 Å². The lowest BCUT2D eigenvalue weighted by Crippen LogP contribution is -2.19. The van der Waals surface area contributed by atoms with Crippen LogP contribution >= 0.6 is 0 Å². The minimum Gasteiger partial charge on any atom is -0.377 e. The number of nitrogens with one attached hydrogen (secondary N) is 1. The highest BCUT2D eigenvalue weighted by Crippen LogP contribution is 2.29. The number of nitrogens with zero attached hydrogens (tertiary/aromatic N) is 2. The molecule has 2 heterocycles. The Morgan fingerprint density at radius 3 is 3.00 bits per heavy atom. The van der Waals surface area contributed by atoms with Crippen LogP contribution in [0.1, 0.15) is 44.6 Å². The zero-order valence-electron chi connectivity index (χ0n) is 11.5. The molecular weight excluding hydrogens is 238 g/mol. The van der Waals surface area contributed by atoms with Gasteiger partial charge in [-0.3, -0.25) is 0 Å². The summed E-state index contributed by atoms with van der Waals surface area (Å²) >= 11 is 0. The average molecular weight is 261 g/mol. The molecule has 0 radical (unpaired) electrons. The lowest BCUT2D eigenvalue weighted by Gasteiger charge is -2.24. The van der Waals surface area contributed by atoms with Gasteiger partial charge in [0.2, 0.25) is 0 Å². The maximum absolute atomic E-state index is 5.47. The zero-order chi connectivity index (χ0) is 12.9. The van der Waals surface area contributed by atoms with E-state index in [0.717, 1.165) is 32.0 Å². The van der Waals surface area contributed by atoms with Gasteiger partial charge >= 0.3 is 0 Å². The van der Waals surface area contributed by atoms with E-state index in [1.807, 2.05) is 6.20 Å². The standard InChI is InChI=1S/C15H23N3O/c1-2-6-14(7-3-1)18-15(8-9-17-18)16-11-13-5-4-10-19-12-13/h5,8-9,14,16H,1-4,6-7,10-12H2. The molecule has 4 heteroatoms. The Morgan fingerprint density at radius 2 is 2.21 bits per heavy atom. The van der Waals surface area contributed by atoms with E-state index < -0.39 is 0 Å². The summed E-state index contributed by atoms with van der Waals surface area (Å²) in [7, 11) is 0. The quantitative estimate of drug-likeness (QED) is 0.846. The minimum absolute atomic E-state index is 0.586. The fourth-order valence-corrected chi connectivity index (χ4v) is 3.01. The molecule has 1 aliphatic carbocycles. The molecular formula is C15H23N3O. The lowest BCUT2D eigenvalue weighted by molar-refractivity contribution is 0.150. The van der Waals surface area contributed by atoms with E-state index in [4.69, 9.17) is 4.74 Å². The molecule has 2 aliphatic rings. The highest BCUT2D eigenvalue weighted by Gasteiger charge is 2.18. The van der Waals surface area contributed by atoms with E-state index in [2.05, 4.69) is 27.2 Å². The molecule has 4 nitrogen and oxygen atoms in total. The van der Waals surface area contributed by atoms with Crippen LogP contribution in [-0.4, -0.2) is 29.5 Å². The molecule has 1 aromatic rings. The van der Waals surface area contributed by atoms with Crippen LogP contribution in [0.25, 0.3) is 0 Å². The largest absolute Gasteiger partial charge is 0.377 e. The third-order valence-electron chi connectivity index (χ3n) is 4.07. The number of rotatable bonds is 4. The Balaban J connectivity index is 1.61. The van der Waals surface area contributed by atoms with E-state index >= 15 is 0 Å². The molecule has 104 valence electrons. The Hall–Kier alpha value is -1.29. The van der Waals surface area contributed by atoms with Gasteiger partial charge in [-0.25, -0.2) is 4.68 Å². The van der Waals surface area contributed by atoms with Crippen molar-refractivity contribution in [1.82, 2.24) is 9.78 Å². The average Bonchev–Trinajstić information content (AvgIpc) is 2.95. The van der Waals surface area contributed by atoms with Crippen LogP contribution in [0.5, 0.6) is 0 Å². The highest BCUT2D eigenvalue weighted by atomic mass is 16.5. The van der Waals surface area contributed by atoms with Crippen molar-refractivity contribution in [3.05, 3.63) is 23.9 Å². The smallest absolute Gasteiger partial charge is 0.124 e. The lowest BCUT2D eigenvalue weighted by atomic mass is 9.96. The molecule has 1 aliphatic heterocycles. The van der Waals surface area contributed by atoms with Crippen molar-refractivity contribution in [2.75, 3.05) is 25.1 Å². The summed E-state index contributed by atoms with van der Waals surface area (Å²) in [6.07, 6.45) is 11.8. The van der Waals surface area contributed by atoms with Gasteiger partial charge in [0.05, 0.1) is 25.5 Å². The SMILES string of the molecule is C1=C(CNc2ccnn2C2CCCCC2)COCC1. The molecule has 0 spiro atoms.